The number of amides is 1. The second-order valence-corrected chi connectivity index (χ2v) is 5.20. The third-order valence-corrected chi connectivity index (χ3v) is 3.24. The predicted molar refractivity (Wildman–Crippen MR) is 70.3 cm³/mol. The van der Waals surface area contributed by atoms with Gasteiger partial charge in [-0.05, 0) is 31.9 Å². The first kappa shape index (κ1) is 12.1. The van der Waals surface area contributed by atoms with E-state index in [1.54, 1.807) is 0 Å². The van der Waals surface area contributed by atoms with Gasteiger partial charge in [-0.1, -0.05) is 25.1 Å². The zero-order chi connectivity index (χ0) is 12.5. The van der Waals surface area contributed by atoms with Crippen LogP contribution in [0, 0.1) is 0 Å². The van der Waals surface area contributed by atoms with E-state index in [9.17, 15) is 4.79 Å². The highest BCUT2D eigenvalue weighted by Gasteiger charge is 2.31. The van der Waals surface area contributed by atoms with Gasteiger partial charge in [0.1, 0.15) is 0 Å². The third-order valence-electron chi connectivity index (χ3n) is 3.24. The van der Waals surface area contributed by atoms with Gasteiger partial charge in [-0.3, -0.25) is 4.79 Å². The normalized spacial score (nSPS) is 19.5. The molecule has 0 atom stereocenters. The molecule has 2 rings (SSSR count). The summed E-state index contributed by atoms with van der Waals surface area (Å²) in [7, 11) is 0. The van der Waals surface area contributed by atoms with E-state index in [1.165, 1.54) is 5.56 Å². The van der Waals surface area contributed by atoms with E-state index < -0.39 is 0 Å². The molecule has 0 bridgehead atoms. The maximum absolute atomic E-state index is 12.0. The lowest BCUT2D eigenvalue weighted by molar-refractivity contribution is -0.119. The predicted octanol–water partition coefficient (Wildman–Crippen LogP) is 1.96. The molecule has 1 heterocycles. The first-order valence-electron chi connectivity index (χ1n) is 6.17. The van der Waals surface area contributed by atoms with Gasteiger partial charge in [0.05, 0.1) is 6.54 Å². The first-order valence-corrected chi connectivity index (χ1v) is 6.17. The molecular formula is C14H20N2O. The number of nitrogens with one attached hydrogen (secondary N) is 1. The van der Waals surface area contributed by atoms with E-state index in [4.69, 9.17) is 0 Å². The van der Waals surface area contributed by atoms with E-state index in [1.807, 2.05) is 23.1 Å². The van der Waals surface area contributed by atoms with Crippen LogP contribution in [0.25, 0.3) is 0 Å². The number of hydrogen-bond acceptors (Lipinski definition) is 2. The Morgan fingerprint density at radius 1 is 1.35 bits per heavy atom. The number of carbonyl (C=O) groups excluding carboxylic acids is 1. The molecule has 1 amide bonds. The van der Waals surface area contributed by atoms with Crippen LogP contribution in [0.1, 0.15) is 26.3 Å². The summed E-state index contributed by atoms with van der Waals surface area (Å²) in [6, 6.07) is 8.16. The van der Waals surface area contributed by atoms with Crippen molar-refractivity contribution in [1.29, 1.82) is 0 Å². The lowest BCUT2D eigenvalue weighted by atomic mass is 10.00. The van der Waals surface area contributed by atoms with Crippen LogP contribution in [-0.2, 0) is 11.2 Å². The van der Waals surface area contributed by atoms with E-state index in [2.05, 4.69) is 32.2 Å². The lowest BCUT2D eigenvalue weighted by Crippen LogP contribution is -2.60. The van der Waals surface area contributed by atoms with Crippen molar-refractivity contribution in [3.63, 3.8) is 0 Å². The number of aryl methyl sites for hydroxylation is 1. The molecule has 0 saturated carbocycles. The molecule has 0 spiro atoms. The van der Waals surface area contributed by atoms with Crippen LogP contribution in [0.15, 0.2) is 24.3 Å². The van der Waals surface area contributed by atoms with Crippen molar-refractivity contribution in [2.75, 3.05) is 18.0 Å². The topological polar surface area (TPSA) is 32.3 Å². The number of anilines is 1. The van der Waals surface area contributed by atoms with Gasteiger partial charge in [0.2, 0.25) is 5.91 Å². The number of rotatable bonds is 2. The van der Waals surface area contributed by atoms with E-state index in [0.29, 0.717) is 6.54 Å². The van der Waals surface area contributed by atoms with Crippen molar-refractivity contribution in [2.24, 2.45) is 0 Å². The first-order chi connectivity index (χ1) is 8.03. The molecule has 1 aliphatic rings. The van der Waals surface area contributed by atoms with E-state index in [0.717, 1.165) is 18.7 Å². The standard InChI is InChI=1S/C14H20N2O/c1-4-11-7-5-6-8-12(11)16-10-14(2,3)15-9-13(16)17/h5-8,15H,4,9-10H2,1-3H3. The molecule has 1 aromatic rings. The molecule has 92 valence electrons. The molecule has 1 saturated heterocycles. The molecule has 1 aromatic carbocycles. The minimum atomic E-state index is -0.0191. The fourth-order valence-electron chi connectivity index (χ4n) is 2.24. The number of hydrogen-bond donors (Lipinski definition) is 1. The highest BCUT2D eigenvalue weighted by Crippen LogP contribution is 2.24. The van der Waals surface area contributed by atoms with Crippen LogP contribution in [-0.4, -0.2) is 24.5 Å². The second-order valence-electron chi connectivity index (χ2n) is 5.20. The van der Waals surface area contributed by atoms with Gasteiger partial charge in [0, 0.05) is 17.8 Å². The molecule has 0 aromatic heterocycles. The number of carbonyl (C=O) groups is 1. The maximum atomic E-state index is 12.0. The summed E-state index contributed by atoms with van der Waals surface area (Å²) >= 11 is 0. The SMILES string of the molecule is CCc1ccccc1N1CC(C)(C)NCC1=O. The van der Waals surface area contributed by atoms with Crippen LogP contribution in [0.4, 0.5) is 5.69 Å². The summed E-state index contributed by atoms with van der Waals surface area (Å²) < 4.78 is 0. The van der Waals surface area contributed by atoms with Crippen molar-refractivity contribution in [3.8, 4) is 0 Å². The fourth-order valence-corrected chi connectivity index (χ4v) is 2.24. The summed E-state index contributed by atoms with van der Waals surface area (Å²) in [5.41, 5.74) is 2.28. The van der Waals surface area contributed by atoms with Crippen molar-refractivity contribution < 1.29 is 4.79 Å². The van der Waals surface area contributed by atoms with Crippen LogP contribution < -0.4 is 10.2 Å². The van der Waals surface area contributed by atoms with Crippen molar-refractivity contribution >= 4 is 11.6 Å². The Kier molecular flexibility index (Phi) is 3.20. The van der Waals surface area contributed by atoms with E-state index >= 15 is 0 Å². The fraction of sp³-hybridized carbons (Fsp3) is 0.500. The summed E-state index contributed by atoms with van der Waals surface area (Å²) in [6.07, 6.45) is 0.952. The maximum Gasteiger partial charge on any atom is 0.241 e. The van der Waals surface area contributed by atoms with Gasteiger partial charge in [-0.2, -0.15) is 0 Å². The Morgan fingerprint density at radius 2 is 2.06 bits per heavy atom. The quantitative estimate of drug-likeness (QED) is 0.845. The summed E-state index contributed by atoms with van der Waals surface area (Å²) in [6.45, 7) is 7.52. The average molecular weight is 232 g/mol. The molecule has 17 heavy (non-hydrogen) atoms. The highest BCUT2D eigenvalue weighted by molar-refractivity contribution is 5.96. The molecule has 3 heteroatoms. The van der Waals surface area contributed by atoms with Crippen molar-refractivity contribution in [3.05, 3.63) is 29.8 Å². The van der Waals surface area contributed by atoms with Crippen molar-refractivity contribution in [1.82, 2.24) is 5.32 Å². The molecule has 1 fully saturated rings. The number of benzene rings is 1. The van der Waals surface area contributed by atoms with Gasteiger partial charge >= 0.3 is 0 Å². The van der Waals surface area contributed by atoms with Gasteiger partial charge < -0.3 is 10.2 Å². The Hall–Kier alpha value is -1.35. The van der Waals surface area contributed by atoms with E-state index in [-0.39, 0.29) is 11.4 Å². The Bertz CT molecular complexity index is 426. The number of nitrogens with zero attached hydrogens (tertiary/aromatic N) is 1. The monoisotopic (exact) mass is 232 g/mol. The van der Waals surface area contributed by atoms with Crippen LogP contribution >= 0.6 is 0 Å². The van der Waals surface area contributed by atoms with Gasteiger partial charge in [-0.25, -0.2) is 0 Å². The smallest absolute Gasteiger partial charge is 0.241 e. The zero-order valence-electron chi connectivity index (χ0n) is 10.8. The van der Waals surface area contributed by atoms with Gasteiger partial charge in [0.25, 0.3) is 0 Å². The largest absolute Gasteiger partial charge is 0.309 e. The molecule has 1 aliphatic heterocycles. The lowest BCUT2D eigenvalue weighted by Gasteiger charge is -2.39. The highest BCUT2D eigenvalue weighted by atomic mass is 16.2. The Morgan fingerprint density at radius 3 is 2.76 bits per heavy atom. The molecule has 3 nitrogen and oxygen atoms in total. The second kappa shape index (κ2) is 4.49. The van der Waals surface area contributed by atoms with Gasteiger partial charge in [0.15, 0.2) is 0 Å². The Labute approximate surface area is 103 Å². The average Bonchev–Trinajstić information content (AvgIpc) is 2.32. The summed E-state index contributed by atoms with van der Waals surface area (Å²) in [5.74, 6) is 0.158. The summed E-state index contributed by atoms with van der Waals surface area (Å²) in [4.78, 5) is 13.9. The molecule has 0 aliphatic carbocycles. The third kappa shape index (κ3) is 2.50. The van der Waals surface area contributed by atoms with Crippen molar-refractivity contribution in [2.45, 2.75) is 32.7 Å². The Balaban J connectivity index is 2.34. The molecule has 1 N–H and O–H groups in total. The van der Waals surface area contributed by atoms with Crippen LogP contribution in [0.5, 0.6) is 0 Å². The minimum Gasteiger partial charge on any atom is -0.309 e. The molecule has 0 radical (unpaired) electrons. The van der Waals surface area contributed by atoms with Crippen LogP contribution in [0.3, 0.4) is 0 Å². The number of para-hydroxylation sites is 1. The summed E-state index contributed by atoms with van der Waals surface area (Å²) in [5, 5.41) is 3.25. The minimum absolute atomic E-state index is 0.0191. The van der Waals surface area contributed by atoms with Gasteiger partial charge in [-0.15, -0.1) is 0 Å². The zero-order valence-corrected chi connectivity index (χ0v) is 10.8. The number of piperazine rings is 1. The molecule has 0 unspecified atom stereocenters. The van der Waals surface area contributed by atoms with Crippen LogP contribution in [0.2, 0.25) is 0 Å². The molecular weight excluding hydrogens is 212 g/mol.